The van der Waals surface area contributed by atoms with Crippen molar-refractivity contribution in [1.82, 2.24) is 14.6 Å². The van der Waals surface area contributed by atoms with Gasteiger partial charge in [-0.25, -0.2) is 21.9 Å². The van der Waals surface area contributed by atoms with Gasteiger partial charge in [0.15, 0.2) is 0 Å². The van der Waals surface area contributed by atoms with E-state index in [0.29, 0.717) is 61.0 Å². The van der Waals surface area contributed by atoms with Gasteiger partial charge in [-0.1, -0.05) is 25.3 Å². The first-order chi connectivity index (χ1) is 19.2. The van der Waals surface area contributed by atoms with Gasteiger partial charge < -0.3 is 19.7 Å². The Morgan fingerprint density at radius 2 is 1.80 bits per heavy atom. The third-order valence-corrected chi connectivity index (χ3v) is 9.88. The molecule has 11 heteroatoms. The van der Waals surface area contributed by atoms with Crippen molar-refractivity contribution in [3.63, 3.8) is 0 Å². The van der Waals surface area contributed by atoms with Crippen molar-refractivity contribution in [2.24, 2.45) is 5.92 Å². The van der Waals surface area contributed by atoms with Gasteiger partial charge >= 0.3 is 0 Å². The molecule has 228 valence electrons. The van der Waals surface area contributed by atoms with Crippen molar-refractivity contribution in [3.05, 3.63) is 41.1 Å². The summed E-state index contributed by atoms with van der Waals surface area (Å²) in [6, 6.07) is 5.66. The third-order valence-electron chi connectivity index (χ3n) is 8.05. The summed E-state index contributed by atoms with van der Waals surface area (Å²) in [5.74, 6) is 0.0337. The van der Waals surface area contributed by atoms with E-state index in [1.165, 1.54) is 24.6 Å². The maximum Gasteiger partial charge on any atom is 0.265 e. The summed E-state index contributed by atoms with van der Waals surface area (Å²) in [6.07, 6.45) is 3.36. The molecule has 0 spiro atoms. The summed E-state index contributed by atoms with van der Waals surface area (Å²) in [5, 5.41) is 13.7. The molecule has 2 heterocycles. The summed E-state index contributed by atoms with van der Waals surface area (Å²) in [4.78, 5) is 12.9. The van der Waals surface area contributed by atoms with Gasteiger partial charge in [-0.15, -0.1) is 0 Å². The summed E-state index contributed by atoms with van der Waals surface area (Å²) in [5.41, 5.74) is -0.376. The minimum absolute atomic E-state index is 0.0840. The highest BCUT2D eigenvalue weighted by Crippen LogP contribution is 2.35. The first kappa shape index (κ1) is 31.6. The minimum atomic E-state index is -4.20. The van der Waals surface area contributed by atoms with E-state index in [0.717, 1.165) is 25.7 Å². The number of carbonyl (C=O) groups is 1. The van der Waals surface area contributed by atoms with Crippen molar-refractivity contribution in [3.8, 4) is 11.3 Å². The Bertz CT molecular complexity index is 1340. The monoisotopic (exact) mass is 595 g/mol. The molecule has 1 saturated heterocycles. The smallest absolute Gasteiger partial charge is 0.265 e. The number of sulfonamides is 1. The highest BCUT2D eigenvalue weighted by atomic mass is 32.2. The largest absolute Gasteiger partial charge is 0.388 e. The SMILES string of the molecule is Cc1c(C(=O)NCC2(O)CCOCC2)cc(-c2ccc(S(=O)(=O)NC(C)(C)C)c(C(F)F)c2)n1CC1CCCCC1. The van der Waals surface area contributed by atoms with Crippen LogP contribution in [-0.4, -0.2) is 54.9 Å². The number of hydrogen-bond donors (Lipinski definition) is 3. The minimum Gasteiger partial charge on any atom is -0.388 e. The molecular weight excluding hydrogens is 552 g/mol. The van der Waals surface area contributed by atoms with Gasteiger partial charge in [0, 0.05) is 61.6 Å². The van der Waals surface area contributed by atoms with Gasteiger partial charge in [-0.05, 0) is 70.2 Å². The lowest BCUT2D eigenvalue weighted by Gasteiger charge is -2.32. The number of aromatic nitrogens is 1. The number of ether oxygens (including phenoxy) is 1. The number of nitrogens with one attached hydrogen (secondary N) is 2. The summed E-state index contributed by atoms with van der Waals surface area (Å²) < 4.78 is 64.4. The van der Waals surface area contributed by atoms with Crippen LogP contribution in [0.4, 0.5) is 8.78 Å². The van der Waals surface area contributed by atoms with Crippen LogP contribution in [0.2, 0.25) is 0 Å². The molecule has 1 aromatic heterocycles. The van der Waals surface area contributed by atoms with Crippen LogP contribution >= 0.6 is 0 Å². The quantitative estimate of drug-likeness (QED) is 0.363. The van der Waals surface area contributed by atoms with Crippen LogP contribution in [0.25, 0.3) is 11.3 Å². The molecule has 1 amide bonds. The van der Waals surface area contributed by atoms with Crippen molar-refractivity contribution < 1.29 is 31.8 Å². The van der Waals surface area contributed by atoms with Crippen LogP contribution in [0.3, 0.4) is 0 Å². The van der Waals surface area contributed by atoms with E-state index in [9.17, 15) is 27.1 Å². The van der Waals surface area contributed by atoms with Crippen molar-refractivity contribution in [2.45, 2.75) is 102 Å². The van der Waals surface area contributed by atoms with E-state index in [-0.39, 0.29) is 12.5 Å². The average Bonchev–Trinajstić information content (AvgIpc) is 3.22. The van der Waals surface area contributed by atoms with Crippen LogP contribution in [0.5, 0.6) is 0 Å². The molecule has 1 aliphatic heterocycles. The number of carbonyl (C=O) groups excluding carboxylic acids is 1. The second kappa shape index (κ2) is 12.5. The Morgan fingerprint density at radius 1 is 1.15 bits per heavy atom. The van der Waals surface area contributed by atoms with Crippen LogP contribution in [0, 0.1) is 12.8 Å². The number of aliphatic hydroxyl groups is 1. The average molecular weight is 596 g/mol. The fraction of sp³-hybridized carbons (Fsp3) is 0.633. The molecule has 3 N–H and O–H groups in total. The Kier molecular flexibility index (Phi) is 9.62. The van der Waals surface area contributed by atoms with Crippen LogP contribution in [0.1, 0.15) is 93.8 Å². The Morgan fingerprint density at radius 3 is 2.41 bits per heavy atom. The maximum atomic E-state index is 14.3. The molecule has 1 aromatic carbocycles. The van der Waals surface area contributed by atoms with Gasteiger partial charge in [0.25, 0.3) is 12.3 Å². The molecule has 0 radical (unpaired) electrons. The molecular formula is C30H43F2N3O5S. The standard InChI is InChI=1S/C30H43F2N3O5S/c1-20-23(28(36)33-19-30(37)12-14-40-15-13-30)17-25(35(20)18-21-8-6-5-7-9-21)22-10-11-26(24(16-22)27(31)32)41(38,39)34-29(2,3)4/h10-11,16-17,21,27,34,37H,5-9,12-15,18-19H2,1-4H3,(H,33,36). The summed E-state index contributed by atoms with van der Waals surface area (Å²) in [6.45, 7) is 8.35. The molecule has 1 saturated carbocycles. The third kappa shape index (κ3) is 7.74. The summed E-state index contributed by atoms with van der Waals surface area (Å²) in [7, 11) is -4.20. The highest BCUT2D eigenvalue weighted by molar-refractivity contribution is 7.89. The molecule has 0 bridgehead atoms. The fourth-order valence-corrected chi connectivity index (χ4v) is 7.45. The van der Waals surface area contributed by atoms with Gasteiger partial charge in [0.05, 0.1) is 16.1 Å². The molecule has 2 aliphatic rings. The zero-order chi connectivity index (χ0) is 30.0. The number of nitrogens with zero attached hydrogens (tertiary/aromatic N) is 1. The van der Waals surface area contributed by atoms with E-state index in [1.54, 1.807) is 26.8 Å². The molecule has 8 nitrogen and oxygen atoms in total. The zero-order valence-electron chi connectivity index (χ0n) is 24.4. The Labute approximate surface area is 241 Å². The normalized spacial score (nSPS) is 18.5. The topological polar surface area (TPSA) is 110 Å². The first-order valence-electron chi connectivity index (χ1n) is 14.4. The molecule has 2 fully saturated rings. The second-order valence-electron chi connectivity index (χ2n) is 12.6. The lowest BCUT2D eigenvalue weighted by atomic mass is 9.89. The lowest BCUT2D eigenvalue weighted by molar-refractivity contribution is -0.0605. The predicted octanol–water partition coefficient (Wildman–Crippen LogP) is 5.33. The Balaban J connectivity index is 1.72. The Hall–Kier alpha value is -2.34. The second-order valence-corrected chi connectivity index (χ2v) is 14.2. The van der Waals surface area contributed by atoms with Crippen molar-refractivity contribution in [2.75, 3.05) is 19.8 Å². The van der Waals surface area contributed by atoms with Gasteiger partial charge in [-0.3, -0.25) is 4.79 Å². The van der Waals surface area contributed by atoms with Crippen LogP contribution in [0.15, 0.2) is 29.2 Å². The number of hydrogen-bond acceptors (Lipinski definition) is 5. The predicted molar refractivity (Wildman–Crippen MR) is 154 cm³/mol. The zero-order valence-corrected chi connectivity index (χ0v) is 25.3. The van der Waals surface area contributed by atoms with E-state index in [1.807, 2.05) is 11.5 Å². The number of alkyl halides is 2. The van der Waals surface area contributed by atoms with E-state index in [4.69, 9.17) is 4.74 Å². The molecule has 4 rings (SSSR count). The van der Waals surface area contributed by atoms with E-state index in [2.05, 4.69) is 10.0 Å². The van der Waals surface area contributed by atoms with Crippen LogP contribution in [-0.2, 0) is 21.3 Å². The van der Waals surface area contributed by atoms with Gasteiger partial charge in [-0.2, -0.15) is 0 Å². The lowest BCUT2D eigenvalue weighted by Crippen LogP contribution is -2.46. The van der Waals surface area contributed by atoms with E-state index < -0.39 is 38.0 Å². The molecule has 2 aromatic rings. The molecule has 1 aliphatic carbocycles. The molecule has 0 unspecified atom stereocenters. The highest BCUT2D eigenvalue weighted by Gasteiger charge is 2.32. The van der Waals surface area contributed by atoms with Gasteiger partial charge in [0.2, 0.25) is 10.0 Å². The molecule has 41 heavy (non-hydrogen) atoms. The van der Waals surface area contributed by atoms with E-state index >= 15 is 0 Å². The first-order valence-corrected chi connectivity index (χ1v) is 15.9. The fourth-order valence-electron chi connectivity index (χ4n) is 5.83. The van der Waals surface area contributed by atoms with Crippen molar-refractivity contribution in [1.29, 1.82) is 0 Å². The number of halogens is 2. The number of benzene rings is 1. The van der Waals surface area contributed by atoms with Crippen molar-refractivity contribution >= 4 is 15.9 Å². The van der Waals surface area contributed by atoms with Crippen LogP contribution < -0.4 is 10.0 Å². The van der Waals surface area contributed by atoms with Gasteiger partial charge in [0.1, 0.15) is 0 Å². The maximum absolute atomic E-state index is 14.3. The number of amides is 1. The summed E-state index contributed by atoms with van der Waals surface area (Å²) >= 11 is 0. The number of rotatable bonds is 9. The molecule has 0 atom stereocenters.